The van der Waals surface area contributed by atoms with Crippen LogP contribution in [0, 0.1) is 0 Å². The lowest BCUT2D eigenvalue weighted by atomic mass is 9.84. The molecule has 3 fully saturated rings. The van der Waals surface area contributed by atoms with Crippen LogP contribution in [-0.2, 0) is 61.2 Å². The second-order valence-electron chi connectivity index (χ2n) is 28.4. The SMILES string of the molecule is CCCCCCCCC/C=C\CCCCCC(=O)OC(COC(=O)CCCCCCCCCCCCCCCC)COP(=O)(O)OC1C(OC2OC(CO)C(O)C(O)C2O)C(O)C(O)C(O)C1OC1OC(COC(=O)CCCCCCCCCCCCCCCCCCC)C(O)C(O)C1O. The highest BCUT2D eigenvalue weighted by Crippen LogP contribution is 2.49. The number of aliphatic hydroxyl groups is 10. The highest BCUT2D eigenvalue weighted by Gasteiger charge is 2.58. The summed E-state index contributed by atoms with van der Waals surface area (Å²) in [5.41, 5.74) is 0. The Bertz CT molecular complexity index is 2110. The van der Waals surface area contributed by atoms with Gasteiger partial charge in [0.25, 0.3) is 0 Å². The van der Waals surface area contributed by atoms with Crippen molar-refractivity contribution in [2.45, 2.75) is 420 Å². The van der Waals surface area contributed by atoms with Gasteiger partial charge in [0.15, 0.2) is 18.7 Å². The summed E-state index contributed by atoms with van der Waals surface area (Å²) in [5, 5.41) is 110. The second-order valence-corrected chi connectivity index (χ2v) is 29.8. The topological polar surface area (TPSA) is 374 Å². The Morgan fingerprint density at radius 3 is 1.09 bits per heavy atom. The molecule has 1 aliphatic carbocycles. The molecule has 2 saturated heterocycles. The molecule has 0 amide bonds. The smallest absolute Gasteiger partial charge is 0.463 e. The van der Waals surface area contributed by atoms with Crippen LogP contribution in [0.2, 0.25) is 0 Å². The summed E-state index contributed by atoms with van der Waals surface area (Å²) in [6.07, 6.45) is 16.9. The zero-order chi connectivity index (χ0) is 73.2. The minimum Gasteiger partial charge on any atom is -0.463 e. The van der Waals surface area contributed by atoms with Crippen molar-refractivity contribution in [3.8, 4) is 0 Å². The van der Waals surface area contributed by atoms with Gasteiger partial charge in [0, 0.05) is 19.3 Å². The fourth-order valence-electron chi connectivity index (χ4n) is 13.1. The lowest BCUT2D eigenvalue weighted by Crippen LogP contribution is -2.69. The van der Waals surface area contributed by atoms with Crippen molar-refractivity contribution in [2.75, 3.05) is 26.4 Å². The predicted octanol–water partition coefficient (Wildman–Crippen LogP) is 11.5. The van der Waals surface area contributed by atoms with Crippen LogP contribution in [0.15, 0.2) is 12.2 Å². The lowest BCUT2D eigenvalue weighted by Gasteiger charge is -2.49. The molecule has 0 aromatic rings. The molecule has 18 atom stereocenters. The molecule has 2 heterocycles. The van der Waals surface area contributed by atoms with Gasteiger partial charge in [0.05, 0.1) is 13.2 Å². The van der Waals surface area contributed by atoms with Crippen molar-refractivity contribution in [3.05, 3.63) is 12.2 Å². The van der Waals surface area contributed by atoms with Crippen molar-refractivity contribution in [1.82, 2.24) is 0 Å². The molecule has 0 bridgehead atoms. The fourth-order valence-corrected chi connectivity index (χ4v) is 14.1. The van der Waals surface area contributed by atoms with Crippen LogP contribution in [0.1, 0.15) is 316 Å². The minimum atomic E-state index is -5.70. The second kappa shape index (κ2) is 57.0. The summed E-state index contributed by atoms with van der Waals surface area (Å²) in [4.78, 5) is 51.1. The van der Waals surface area contributed by atoms with Gasteiger partial charge in [-0.15, -0.1) is 0 Å². The number of carbonyl (C=O) groups is 3. The van der Waals surface area contributed by atoms with E-state index < -0.39 is 156 Å². The van der Waals surface area contributed by atoms with E-state index in [0.717, 1.165) is 89.9 Å². The Hall–Kier alpha value is -2.30. The van der Waals surface area contributed by atoms with Crippen LogP contribution >= 0.6 is 7.82 Å². The zero-order valence-corrected chi connectivity index (χ0v) is 62.4. The summed E-state index contributed by atoms with van der Waals surface area (Å²) in [5.74, 6) is -2.00. The predicted molar refractivity (Wildman–Crippen MR) is 379 cm³/mol. The van der Waals surface area contributed by atoms with Crippen molar-refractivity contribution in [3.63, 3.8) is 0 Å². The Morgan fingerprint density at radius 1 is 0.380 bits per heavy atom. The standard InChI is InChI=1S/C75H139O24P/c1-4-7-10-13-16-19-22-25-28-29-30-33-35-38-41-44-47-50-60(78)92-55-58-63(81)65(83)70(88)75(96-58)98-72-68(86)66(84)67(85)71(97-74-69(87)64(82)62(80)57(52-76)95-74)73(72)99-100(89,90)93-54-56(94-61(79)51-48-45-42-39-36-32-27-24-21-18-15-12-9-6-3)53-91-59(77)49-46-43-40-37-34-31-26-23-20-17-14-11-8-5-2/h32,36,56-58,62-76,80-88H,4-31,33-35,37-55H2,1-3H3,(H,89,90)/b36-32-. The van der Waals surface area contributed by atoms with E-state index in [0.29, 0.717) is 25.7 Å². The number of phosphoric acid groups is 1. The van der Waals surface area contributed by atoms with Gasteiger partial charge in [-0.3, -0.25) is 23.4 Å². The van der Waals surface area contributed by atoms with E-state index in [-0.39, 0.29) is 19.3 Å². The first-order valence-corrected chi connectivity index (χ1v) is 41.0. The molecule has 3 aliphatic rings. The molecule has 24 nitrogen and oxygen atoms in total. The van der Waals surface area contributed by atoms with Crippen LogP contribution in [0.4, 0.5) is 0 Å². The first-order valence-electron chi connectivity index (χ1n) is 39.5. The number of unbranched alkanes of at least 4 members (excludes halogenated alkanes) is 39. The van der Waals surface area contributed by atoms with Crippen LogP contribution in [0.3, 0.4) is 0 Å². The molecule has 2 aliphatic heterocycles. The van der Waals surface area contributed by atoms with Gasteiger partial charge in [-0.05, 0) is 44.9 Å². The van der Waals surface area contributed by atoms with E-state index in [4.69, 9.17) is 42.2 Å². The normalized spacial score (nSPS) is 27.3. The number of allylic oxidation sites excluding steroid dienone is 2. The summed E-state index contributed by atoms with van der Waals surface area (Å²) >= 11 is 0. The van der Waals surface area contributed by atoms with Crippen molar-refractivity contribution < 1.29 is 117 Å². The van der Waals surface area contributed by atoms with Crippen LogP contribution in [0.25, 0.3) is 0 Å². The highest BCUT2D eigenvalue weighted by atomic mass is 31.2. The van der Waals surface area contributed by atoms with E-state index in [9.17, 15) is 74.9 Å². The maximum atomic E-state index is 14.3. The third kappa shape index (κ3) is 39.3. The van der Waals surface area contributed by atoms with Crippen LogP contribution in [0.5, 0.6) is 0 Å². The Labute approximate surface area is 599 Å². The van der Waals surface area contributed by atoms with E-state index in [1.165, 1.54) is 161 Å². The third-order valence-corrected chi connectivity index (χ3v) is 20.5. The summed E-state index contributed by atoms with van der Waals surface area (Å²) in [6, 6.07) is 0. The maximum Gasteiger partial charge on any atom is 0.472 e. The molecule has 3 rings (SSSR count). The lowest BCUT2D eigenvalue weighted by molar-refractivity contribution is -0.360. The fraction of sp³-hybridized carbons (Fsp3) is 0.933. The molecule has 0 aromatic carbocycles. The first kappa shape index (κ1) is 91.9. The number of esters is 3. The molecule has 588 valence electrons. The number of phosphoric ester groups is 1. The Balaban J connectivity index is 1.71. The first-order chi connectivity index (χ1) is 48.3. The average Bonchev–Trinajstić information content (AvgIpc) is 0.761. The molecule has 0 aromatic heterocycles. The Kier molecular flexibility index (Phi) is 52.3. The van der Waals surface area contributed by atoms with Crippen LogP contribution < -0.4 is 0 Å². The number of aliphatic hydroxyl groups excluding tert-OH is 10. The molecular weight excluding hydrogens is 1320 g/mol. The molecule has 25 heteroatoms. The molecule has 100 heavy (non-hydrogen) atoms. The van der Waals surface area contributed by atoms with E-state index in [2.05, 4.69) is 32.9 Å². The third-order valence-electron chi connectivity index (χ3n) is 19.5. The molecule has 0 radical (unpaired) electrons. The average molecular weight is 1460 g/mol. The highest BCUT2D eigenvalue weighted by molar-refractivity contribution is 7.47. The maximum absolute atomic E-state index is 14.3. The molecule has 18 unspecified atom stereocenters. The molecular formula is C75H139O24P. The van der Waals surface area contributed by atoms with Gasteiger partial charge >= 0.3 is 25.7 Å². The van der Waals surface area contributed by atoms with Gasteiger partial charge in [-0.25, -0.2) is 4.57 Å². The van der Waals surface area contributed by atoms with E-state index >= 15 is 0 Å². The number of rotatable bonds is 62. The number of ether oxygens (including phenoxy) is 7. The minimum absolute atomic E-state index is 0.0325. The van der Waals surface area contributed by atoms with Gasteiger partial charge in [0.1, 0.15) is 98.7 Å². The van der Waals surface area contributed by atoms with Gasteiger partial charge in [0.2, 0.25) is 0 Å². The quantitative estimate of drug-likeness (QED) is 0.00886. The monoisotopic (exact) mass is 1450 g/mol. The van der Waals surface area contributed by atoms with Gasteiger partial charge in [-0.2, -0.15) is 0 Å². The Morgan fingerprint density at radius 2 is 0.700 bits per heavy atom. The molecule has 0 spiro atoms. The summed E-state index contributed by atoms with van der Waals surface area (Å²) in [7, 11) is -5.70. The molecule has 11 N–H and O–H groups in total. The van der Waals surface area contributed by atoms with Crippen molar-refractivity contribution in [1.29, 1.82) is 0 Å². The number of carbonyl (C=O) groups excluding carboxylic acids is 3. The van der Waals surface area contributed by atoms with Crippen molar-refractivity contribution in [2.24, 2.45) is 0 Å². The summed E-state index contributed by atoms with van der Waals surface area (Å²) in [6.45, 7) is 3.46. The van der Waals surface area contributed by atoms with E-state index in [1.54, 1.807) is 0 Å². The van der Waals surface area contributed by atoms with Gasteiger partial charge in [-0.1, -0.05) is 264 Å². The van der Waals surface area contributed by atoms with Gasteiger partial charge < -0.3 is 89.1 Å². The van der Waals surface area contributed by atoms with E-state index in [1.807, 2.05) is 0 Å². The van der Waals surface area contributed by atoms with Crippen LogP contribution in [-0.4, -0.2) is 204 Å². The molecule has 1 saturated carbocycles. The number of hydrogen-bond donors (Lipinski definition) is 11. The van der Waals surface area contributed by atoms with Crippen molar-refractivity contribution >= 4 is 25.7 Å². The largest absolute Gasteiger partial charge is 0.472 e. The number of hydrogen-bond acceptors (Lipinski definition) is 23. The summed E-state index contributed by atoms with van der Waals surface area (Å²) < 4.78 is 65.1. The zero-order valence-electron chi connectivity index (χ0n) is 61.5.